The van der Waals surface area contributed by atoms with Crippen molar-refractivity contribution < 1.29 is 24.5 Å². The Morgan fingerprint density at radius 3 is 2.71 bits per heavy atom. The highest BCUT2D eigenvalue weighted by molar-refractivity contribution is 5.80. The largest absolute Gasteiger partial charge is 0.466 e. The van der Waals surface area contributed by atoms with Gasteiger partial charge in [0.2, 0.25) is 0 Å². The molecule has 5 nitrogen and oxygen atoms in total. The number of carbonyl (C=O) groups is 2. The summed E-state index contributed by atoms with van der Waals surface area (Å²) in [7, 11) is 0. The minimum Gasteiger partial charge on any atom is -0.466 e. The molecule has 0 aromatic rings. The molecule has 1 aliphatic heterocycles. The fourth-order valence-electron chi connectivity index (χ4n) is 0.844. The van der Waals surface area contributed by atoms with Gasteiger partial charge in [-0.05, 0) is 19.3 Å². The molecule has 0 atom stereocenters. The number of cyclic esters (lactones) is 1. The van der Waals surface area contributed by atoms with Gasteiger partial charge in [-0.3, -0.25) is 9.68 Å². The second-order valence-electron chi connectivity index (χ2n) is 2.65. The number of rotatable bonds is 1. The summed E-state index contributed by atoms with van der Waals surface area (Å²) in [6, 6.07) is 0. The second kappa shape index (κ2) is 8.25. The molecule has 0 saturated carbocycles. The quantitative estimate of drug-likeness (QED) is 0.300. The summed E-state index contributed by atoms with van der Waals surface area (Å²) < 4.78 is 4.76. The molecule has 0 amide bonds. The summed E-state index contributed by atoms with van der Waals surface area (Å²) in [5.74, 6) is -0.863. The molecule has 0 aromatic carbocycles. The molecule has 1 rings (SSSR count). The van der Waals surface area contributed by atoms with E-state index in [1.165, 1.54) is 0 Å². The van der Waals surface area contributed by atoms with Crippen LogP contribution in [0.3, 0.4) is 0 Å². The summed E-state index contributed by atoms with van der Waals surface area (Å²) in [4.78, 5) is 23.2. The van der Waals surface area contributed by atoms with Crippen molar-refractivity contribution in [3.63, 3.8) is 0 Å². The molecule has 0 unspecified atom stereocenters. The minimum absolute atomic E-state index is 0.0255. The SMILES string of the molecule is C=CC(=O)OO.O=C1CCCCCO1. The van der Waals surface area contributed by atoms with Crippen LogP contribution < -0.4 is 0 Å². The maximum atomic E-state index is 10.5. The Bertz CT molecular complexity index is 189. The third-order valence-corrected chi connectivity index (χ3v) is 1.54. The highest BCUT2D eigenvalue weighted by Gasteiger charge is 2.05. The lowest BCUT2D eigenvalue weighted by Gasteiger charge is -1.93. The molecule has 1 fully saturated rings. The standard InChI is InChI=1S/C6H10O2.C3H4O3/c7-6-4-2-1-3-5-8-6;1-2-3(4)6-5/h1-5H2;2,5H,1H2. The lowest BCUT2D eigenvalue weighted by Crippen LogP contribution is -2.00. The van der Waals surface area contributed by atoms with E-state index in [0.29, 0.717) is 13.0 Å². The maximum absolute atomic E-state index is 10.5. The topological polar surface area (TPSA) is 72.8 Å². The molecule has 80 valence electrons. The van der Waals surface area contributed by atoms with E-state index in [1.54, 1.807) is 0 Å². The van der Waals surface area contributed by atoms with Gasteiger partial charge >= 0.3 is 11.9 Å². The van der Waals surface area contributed by atoms with Crippen molar-refractivity contribution in [2.45, 2.75) is 25.7 Å². The van der Waals surface area contributed by atoms with E-state index in [0.717, 1.165) is 25.3 Å². The lowest BCUT2D eigenvalue weighted by molar-refractivity contribution is -0.228. The van der Waals surface area contributed by atoms with E-state index in [9.17, 15) is 9.59 Å². The van der Waals surface area contributed by atoms with E-state index >= 15 is 0 Å². The summed E-state index contributed by atoms with van der Waals surface area (Å²) in [5.41, 5.74) is 0. The van der Waals surface area contributed by atoms with E-state index in [2.05, 4.69) is 11.5 Å². The molecule has 1 heterocycles. The van der Waals surface area contributed by atoms with E-state index in [1.807, 2.05) is 0 Å². The smallest absolute Gasteiger partial charge is 0.365 e. The van der Waals surface area contributed by atoms with Crippen LogP contribution in [0, 0.1) is 0 Å². The number of hydrogen-bond donors (Lipinski definition) is 1. The van der Waals surface area contributed by atoms with Crippen molar-refractivity contribution in [1.29, 1.82) is 0 Å². The van der Waals surface area contributed by atoms with Crippen LogP contribution in [0.2, 0.25) is 0 Å². The summed E-state index contributed by atoms with van der Waals surface area (Å²) >= 11 is 0. The molecule has 0 aliphatic carbocycles. The predicted molar refractivity (Wildman–Crippen MR) is 48.3 cm³/mol. The van der Waals surface area contributed by atoms with Gasteiger partial charge in [-0.1, -0.05) is 6.58 Å². The summed E-state index contributed by atoms with van der Waals surface area (Å²) in [5, 5.41) is 7.41. The van der Waals surface area contributed by atoms with Crippen molar-refractivity contribution >= 4 is 11.9 Å². The van der Waals surface area contributed by atoms with Crippen molar-refractivity contribution in [2.75, 3.05) is 6.61 Å². The first kappa shape index (κ1) is 12.6. The van der Waals surface area contributed by atoms with Crippen LogP contribution in [0.1, 0.15) is 25.7 Å². The van der Waals surface area contributed by atoms with Gasteiger partial charge in [0, 0.05) is 12.5 Å². The van der Waals surface area contributed by atoms with Gasteiger partial charge in [0.15, 0.2) is 0 Å². The average Bonchev–Trinajstić information content (AvgIpc) is 2.45. The molecule has 1 saturated heterocycles. The highest BCUT2D eigenvalue weighted by atomic mass is 17.1. The normalized spacial score (nSPS) is 15.4. The molecular formula is C9H14O5. The van der Waals surface area contributed by atoms with E-state index < -0.39 is 5.97 Å². The molecule has 5 heteroatoms. The molecule has 0 radical (unpaired) electrons. The molecule has 0 aromatic heterocycles. The van der Waals surface area contributed by atoms with Gasteiger partial charge in [-0.15, -0.1) is 0 Å². The van der Waals surface area contributed by atoms with Crippen molar-refractivity contribution in [1.82, 2.24) is 0 Å². The first-order chi connectivity index (χ1) is 6.70. The molecule has 1 N–H and O–H groups in total. The van der Waals surface area contributed by atoms with Gasteiger partial charge < -0.3 is 4.74 Å². The lowest BCUT2D eigenvalue weighted by atomic mass is 10.2. The van der Waals surface area contributed by atoms with Crippen molar-refractivity contribution in [2.24, 2.45) is 0 Å². The Morgan fingerprint density at radius 1 is 1.50 bits per heavy atom. The van der Waals surface area contributed by atoms with Crippen LogP contribution in [0.5, 0.6) is 0 Å². The van der Waals surface area contributed by atoms with Crippen LogP contribution in [-0.4, -0.2) is 23.8 Å². The minimum atomic E-state index is -0.838. The Labute approximate surface area is 82.2 Å². The Morgan fingerprint density at radius 2 is 2.21 bits per heavy atom. The molecular weight excluding hydrogens is 188 g/mol. The third-order valence-electron chi connectivity index (χ3n) is 1.54. The van der Waals surface area contributed by atoms with Crippen molar-refractivity contribution in [3.05, 3.63) is 12.7 Å². The number of ether oxygens (including phenoxy) is 1. The van der Waals surface area contributed by atoms with Crippen LogP contribution in [0.4, 0.5) is 0 Å². The molecule has 14 heavy (non-hydrogen) atoms. The number of esters is 1. The first-order valence-corrected chi connectivity index (χ1v) is 4.34. The maximum Gasteiger partial charge on any atom is 0.365 e. The fourth-order valence-corrected chi connectivity index (χ4v) is 0.844. The Hall–Kier alpha value is -1.36. The highest BCUT2D eigenvalue weighted by Crippen LogP contribution is 2.06. The van der Waals surface area contributed by atoms with Crippen LogP contribution >= 0.6 is 0 Å². The monoisotopic (exact) mass is 202 g/mol. The van der Waals surface area contributed by atoms with Gasteiger partial charge in [0.1, 0.15) is 0 Å². The number of carbonyl (C=O) groups excluding carboxylic acids is 2. The van der Waals surface area contributed by atoms with Crippen LogP contribution in [0.25, 0.3) is 0 Å². The average molecular weight is 202 g/mol. The Kier molecular flexibility index (Phi) is 7.45. The predicted octanol–water partition coefficient (Wildman–Crippen LogP) is 1.29. The van der Waals surface area contributed by atoms with E-state index in [-0.39, 0.29) is 5.97 Å². The fraction of sp³-hybridized carbons (Fsp3) is 0.556. The van der Waals surface area contributed by atoms with E-state index in [4.69, 9.17) is 9.99 Å². The van der Waals surface area contributed by atoms with Crippen molar-refractivity contribution in [3.8, 4) is 0 Å². The zero-order valence-electron chi connectivity index (χ0n) is 7.90. The first-order valence-electron chi connectivity index (χ1n) is 4.34. The zero-order chi connectivity index (χ0) is 10.8. The molecule has 0 spiro atoms. The molecule has 0 bridgehead atoms. The number of hydrogen-bond acceptors (Lipinski definition) is 5. The van der Waals surface area contributed by atoms with Crippen LogP contribution in [-0.2, 0) is 19.2 Å². The van der Waals surface area contributed by atoms with Gasteiger partial charge in [-0.2, -0.15) is 5.26 Å². The van der Waals surface area contributed by atoms with Gasteiger partial charge in [0.25, 0.3) is 0 Å². The zero-order valence-corrected chi connectivity index (χ0v) is 7.90. The second-order valence-corrected chi connectivity index (χ2v) is 2.65. The summed E-state index contributed by atoms with van der Waals surface area (Å²) in [6.07, 6.45) is 4.69. The van der Waals surface area contributed by atoms with Gasteiger partial charge in [-0.25, -0.2) is 4.79 Å². The third kappa shape index (κ3) is 7.30. The Balaban J connectivity index is 0.000000255. The van der Waals surface area contributed by atoms with Crippen LogP contribution in [0.15, 0.2) is 12.7 Å². The summed E-state index contributed by atoms with van der Waals surface area (Å²) in [6.45, 7) is 3.63. The molecule has 1 aliphatic rings. The van der Waals surface area contributed by atoms with Gasteiger partial charge in [0.05, 0.1) is 6.61 Å².